The molecule has 0 heterocycles. The zero-order chi connectivity index (χ0) is 17.1. The molecule has 6 heteroatoms. The van der Waals surface area contributed by atoms with Crippen molar-refractivity contribution in [2.45, 2.75) is 23.0 Å². The molecule has 2 aromatic rings. The first-order valence-corrected chi connectivity index (χ1v) is 8.47. The van der Waals surface area contributed by atoms with Crippen molar-refractivity contribution in [1.29, 1.82) is 0 Å². The van der Waals surface area contributed by atoms with E-state index in [1.807, 2.05) is 0 Å². The van der Waals surface area contributed by atoms with Crippen molar-refractivity contribution < 1.29 is 13.3 Å². The van der Waals surface area contributed by atoms with Crippen LogP contribution < -0.4 is 0 Å². The maximum absolute atomic E-state index is 13.1. The van der Waals surface area contributed by atoms with Crippen LogP contribution in [0.5, 0.6) is 0 Å². The highest BCUT2D eigenvalue weighted by molar-refractivity contribution is 7.92. The molecule has 0 aliphatic carbocycles. The van der Waals surface area contributed by atoms with Gasteiger partial charge in [0.1, 0.15) is 4.75 Å². The monoisotopic (exact) mass is 331 g/mol. The summed E-state index contributed by atoms with van der Waals surface area (Å²) in [6.07, 6.45) is 1.74. The van der Waals surface area contributed by atoms with E-state index in [0.29, 0.717) is 5.56 Å². The van der Waals surface area contributed by atoms with Crippen LogP contribution in [0.25, 0.3) is 0 Å². The molecule has 0 N–H and O–H groups in total. The quantitative estimate of drug-likeness (QED) is 0.457. The second-order valence-electron chi connectivity index (χ2n) is 5.34. The molecule has 0 aliphatic heterocycles. The van der Waals surface area contributed by atoms with Crippen molar-refractivity contribution >= 4 is 15.5 Å². The summed E-state index contributed by atoms with van der Waals surface area (Å²) in [5.74, 6) is 0. The lowest BCUT2D eigenvalue weighted by Crippen LogP contribution is -2.32. The minimum Gasteiger partial charge on any atom is -0.258 e. The molecule has 120 valence electrons. The molecule has 0 aromatic heterocycles. The molecular formula is C17H17NO4S. The molecule has 2 aromatic carbocycles. The summed E-state index contributed by atoms with van der Waals surface area (Å²) in [4.78, 5) is 10.5. The van der Waals surface area contributed by atoms with E-state index < -0.39 is 19.5 Å². The first kappa shape index (κ1) is 16.9. The molecular weight excluding hydrogens is 314 g/mol. The van der Waals surface area contributed by atoms with Crippen LogP contribution in [0.2, 0.25) is 0 Å². The Bertz CT molecular complexity index is 813. The van der Waals surface area contributed by atoms with E-state index in [0.717, 1.165) is 0 Å². The van der Waals surface area contributed by atoms with E-state index >= 15 is 0 Å². The van der Waals surface area contributed by atoms with E-state index in [1.54, 1.807) is 43.3 Å². The van der Waals surface area contributed by atoms with Gasteiger partial charge in [-0.25, -0.2) is 8.42 Å². The smallest absolute Gasteiger partial charge is 0.258 e. The molecule has 0 aliphatic rings. The highest BCUT2D eigenvalue weighted by atomic mass is 32.2. The normalized spacial score (nSPS) is 14.0. The lowest BCUT2D eigenvalue weighted by molar-refractivity contribution is -0.384. The number of hydrogen-bond acceptors (Lipinski definition) is 4. The van der Waals surface area contributed by atoms with Crippen LogP contribution in [-0.4, -0.2) is 13.3 Å². The Morgan fingerprint density at radius 3 is 2.17 bits per heavy atom. The number of hydrogen-bond donors (Lipinski definition) is 0. The number of sulfone groups is 1. The van der Waals surface area contributed by atoms with Crippen LogP contribution in [0, 0.1) is 10.1 Å². The van der Waals surface area contributed by atoms with Crippen LogP contribution in [-0.2, 0) is 14.6 Å². The Balaban J connectivity index is 2.59. The average molecular weight is 331 g/mol. The number of allylic oxidation sites excluding steroid dienone is 1. The summed E-state index contributed by atoms with van der Waals surface area (Å²) in [6, 6.07) is 13.8. The predicted octanol–water partition coefficient (Wildman–Crippen LogP) is 3.86. The Hall–Kier alpha value is -2.47. The molecule has 5 nitrogen and oxygen atoms in total. The zero-order valence-electron chi connectivity index (χ0n) is 12.7. The highest BCUT2D eigenvalue weighted by Crippen LogP contribution is 2.39. The number of rotatable bonds is 6. The van der Waals surface area contributed by atoms with Gasteiger partial charge in [-0.2, -0.15) is 0 Å². The third-order valence-corrected chi connectivity index (χ3v) is 6.35. The summed E-state index contributed by atoms with van der Waals surface area (Å²) in [6.45, 7) is 5.26. The van der Waals surface area contributed by atoms with Crippen molar-refractivity contribution in [2.24, 2.45) is 0 Å². The molecule has 1 unspecified atom stereocenters. The molecule has 0 spiro atoms. The van der Waals surface area contributed by atoms with Crippen molar-refractivity contribution in [3.63, 3.8) is 0 Å². The fraction of sp³-hybridized carbons (Fsp3) is 0.176. The first-order chi connectivity index (χ1) is 10.8. The van der Waals surface area contributed by atoms with E-state index in [1.165, 1.54) is 24.3 Å². The highest BCUT2D eigenvalue weighted by Gasteiger charge is 2.41. The number of non-ortho nitro benzene ring substituents is 1. The Morgan fingerprint density at radius 1 is 1.13 bits per heavy atom. The predicted molar refractivity (Wildman–Crippen MR) is 88.9 cm³/mol. The molecule has 23 heavy (non-hydrogen) atoms. The molecule has 2 rings (SSSR count). The Morgan fingerprint density at radius 2 is 1.70 bits per heavy atom. The zero-order valence-corrected chi connectivity index (χ0v) is 13.5. The Labute approximate surface area is 135 Å². The van der Waals surface area contributed by atoms with Gasteiger partial charge in [0.15, 0.2) is 9.84 Å². The lowest BCUT2D eigenvalue weighted by atomic mass is 9.96. The average Bonchev–Trinajstić information content (AvgIpc) is 2.55. The SMILES string of the molecule is C=CCC(C)(c1ccc([N+](=O)[O-])cc1)S(=O)(=O)c1ccccc1. The lowest BCUT2D eigenvalue weighted by Gasteiger charge is -2.29. The minimum absolute atomic E-state index is 0.0770. The fourth-order valence-corrected chi connectivity index (χ4v) is 4.27. The molecule has 0 fully saturated rings. The van der Waals surface area contributed by atoms with Crippen molar-refractivity contribution in [3.8, 4) is 0 Å². The molecule has 1 atom stereocenters. The van der Waals surface area contributed by atoms with Crippen LogP contribution >= 0.6 is 0 Å². The van der Waals surface area contributed by atoms with Gasteiger partial charge in [-0.05, 0) is 31.0 Å². The minimum atomic E-state index is -3.69. The van der Waals surface area contributed by atoms with Gasteiger partial charge < -0.3 is 0 Å². The summed E-state index contributed by atoms with van der Waals surface area (Å²) in [5, 5.41) is 10.8. The topological polar surface area (TPSA) is 77.3 Å². The van der Waals surface area contributed by atoms with Crippen LogP contribution in [0.3, 0.4) is 0 Å². The van der Waals surface area contributed by atoms with Crippen molar-refractivity contribution in [1.82, 2.24) is 0 Å². The fourth-order valence-electron chi connectivity index (χ4n) is 2.45. The van der Waals surface area contributed by atoms with Gasteiger partial charge in [0.05, 0.1) is 9.82 Å². The number of nitro groups is 1. The molecule has 0 saturated heterocycles. The first-order valence-electron chi connectivity index (χ1n) is 6.98. The molecule has 0 bridgehead atoms. The second kappa shape index (κ2) is 6.34. The Kier molecular flexibility index (Phi) is 4.65. The van der Waals surface area contributed by atoms with Crippen LogP contribution in [0.15, 0.2) is 72.1 Å². The third-order valence-electron chi connectivity index (χ3n) is 3.87. The number of nitrogens with zero attached hydrogens (tertiary/aromatic N) is 1. The van der Waals surface area contributed by atoms with Crippen molar-refractivity contribution in [3.05, 3.63) is 82.9 Å². The van der Waals surface area contributed by atoms with Crippen molar-refractivity contribution in [2.75, 3.05) is 0 Å². The van der Waals surface area contributed by atoms with Gasteiger partial charge in [-0.3, -0.25) is 10.1 Å². The van der Waals surface area contributed by atoms with Gasteiger partial charge in [0, 0.05) is 12.1 Å². The maximum atomic E-state index is 13.1. The van der Waals surface area contributed by atoms with E-state index in [4.69, 9.17) is 0 Å². The van der Waals surface area contributed by atoms with Gasteiger partial charge in [0.2, 0.25) is 0 Å². The van der Waals surface area contributed by atoms with Gasteiger partial charge in [-0.1, -0.05) is 36.4 Å². The number of nitro benzene ring substituents is 1. The molecule has 0 amide bonds. The number of benzene rings is 2. The van der Waals surface area contributed by atoms with Gasteiger partial charge >= 0.3 is 0 Å². The van der Waals surface area contributed by atoms with E-state index in [-0.39, 0.29) is 17.0 Å². The van der Waals surface area contributed by atoms with Crippen LogP contribution in [0.1, 0.15) is 18.9 Å². The maximum Gasteiger partial charge on any atom is 0.269 e. The van der Waals surface area contributed by atoms with E-state index in [9.17, 15) is 18.5 Å². The largest absolute Gasteiger partial charge is 0.269 e. The summed E-state index contributed by atoms with van der Waals surface area (Å²) in [5.41, 5.74) is 0.415. The second-order valence-corrected chi connectivity index (χ2v) is 7.72. The third kappa shape index (κ3) is 3.03. The summed E-state index contributed by atoms with van der Waals surface area (Å²) in [7, 11) is -3.69. The van der Waals surface area contributed by atoms with Gasteiger partial charge in [-0.15, -0.1) is 6.58 Å². The summed E-state index contributed by atoms with van der Waals surface area (Å²) >= 11 is 0. The summed E-state index contributed by atoms with van der Waals surface area (Å²) < 4.78 is 24.9. The van der Waals surface area contributed by atoms with Crippen LogP contribution in [0.4, 0.5) is 5.69 Å². The van der Waals surface area contributed by atoms with Gasteiger partial charge in [0.25, 0.3) is 5.69 Å². The molecule has 0 saturated carbocycles. The molecule has 0 radical (unpaired) electrons. The standard InChI is InChI=1S/C17H17NO4S/c1-3-13-17(2,14-9-11-15(12-10-14)18(19)20)23(21,22)16-7-5-4-6-8-16/h3-12H,1,13H2,2H3. The van der Waals surface area contributed by atoms with E-state index in [2.05, 4.69) is 6.58 Å².